The topological polar surface area (TPSA) is 40.5 Å². The number of benzene rings is 1. The number of aliphatic carboxylic acids is 1. The first-order valence-corrected chi connectivity index (χ1v) is 5.10. The third kappa shape index (κ3) is 3.66. The number of carboxylic acids is 1. The number of nitrogens with zero attached hydrogens (tertiary/aromatic N) is 1. The van der Waals surface area contributed by atoms with Gasteiger partial charge in [0.15, 0.2) is 0 Å². The molecule has 0 saturated heterocycles. The Bertz CT molecular complexity index is 407. The Hall–Kier alpha value is -1.95. The van der Waals surface area contributed by atoms with Crippen LogP contribution in [-0.4, -0.2) is 24.2 Å². The minimum Gasteiger partial charge on any atom is -0.481 e. The number of aryl methyl sites for hydroxylation is 1. The van der Waals surface area contributed by atoms with Gasteiger partial charge in [-0.15, -0.1) is 6.42 Å². The van der Waals surface area contributed by atoms with Crippen molar-refractivity contribution in [3.63, 3.8) is 0 Å². The average Bonchev–Trinajstić information content (AvgIpc) is 2.24. The van der Waals surface area contributed by atoms with E-state index in [0.29, 0.717) is 13.1 Å². The van der Waals surface area contributed by atoms with Gasteiger partial charge in [-0.3, -0.25) is 4.79 Å². The lowest BCUT2D eigenvalue weighted by molar-refractivity contribution is -0.136. The molecule has 16 heavy (non-hydrogen) atoms. The van der Waals surface area contributed by atoms with Crippen LogP contribution >= 0.6 is 0 Å². The molecule has 1 aromatic carbocycles. The predicted octanol–water partition coefficient (Wildman–Crippen LogP) is 1.91. The summed E-state index contributed by atoms with van der Waals surface area (Å²) in [6, 6.07) is 7.87. The van der Waals surface area contributed by atoms with Gasteiger partial charge in [0.1, 0.15) is 0 Å². The highest BCUT2D eigenvalue weighted by molar-refractivity contribution is 5.67. The second-order valence-electron chi connectivity index (χ2n) is 3.61. The lowest BCUT2D eigenvalue weighted by Gasteiger charge is -2.21. The van der Waals surface area contributed by atoms with Crippen LogP contribution in [0.1, 0.15) is 12.0 Å². The molecule has 3 heteroatoms. The summed E-state index contributed by atoms with van der Waals surface area (Å²) in [5.41, 5.74) is 2.11. The van der Waals surface area contributed by atoms with Gasteiger partial charge in [-0.25, -0.2) is 0 Å². The second-order valence-corrected chi connectivity index (χ2v) is 3.61. The first-order valence-electron chi connectivity index (χ1n) is 5.10. The van der Waals surface area contributed by atoms with E-state index in [0.717, 1.165) is 11.3 Å². The summed E-state index contributed by atoms with van der Waals surface area (Å²) < 4.78 is 0. The van der Waals surface area contributed by atoms with E-state index in [1.54, 1.807) is 0 Å². The van der Waals surface area contributed by atoms with Crippen molar-refractivity contribution in [1.29, 1.82) is 0 Å². The molecule has 0 aromatic heterocycles. The van der Waals surface area contributed by atoms with Crippen LogP contribution in [0.5, 0.6) is 0 Å². The van der Waals surface area contributed by atoms with Crippen LogP contribution in [0.2, 0.25) is 0 Å². The van der Waals surface area contributed by atoms with E-state index in [-0.39, 0.29) is 6.42 Å². The standard InChI is InChI=1S/C13H15NO2/c1-3-8-14(9-7-13(15)16)12-6-4-5-11(2)10-12/h1,4-6,10H,7-9H2,2H3,(H,15,16). The number of terminal acetylenes is 1. The van der Waals surface area contributed by atoms with Crippen LogP contribution in [-0.2, 0) is 4.79 Å². The first kappa shape index (κ1) is 12.1. The third-order valence-corrected chi connectivity index (χ3v) is 2.24. The molecule has 0 aliphatic carbocycles. The van der Waals surface area contributed by atoms with Crippen LogP contribution in [0.25, 0.3) is 0 Å². The molecule has 0 aliphatic rings. The van der Waals surface area contributed by atoms with E-state index < -0.39 is 5.97 Å². The lowest BCUT2D eigenvalue weighted by Crippen LogP contribution is -2.26. The maximum absolute atomic E-state index is 10.5. The molecule has 0 saturated carbocycles. The molecule has 0 atom stereocenters. The minimum absolute atomic E-state index is 0.0929. The van der Waals surface area contributed by atoms with E-state index in [1.165, 1.54) is 0 Å². The summed E-state index contributed by atoms with van der Waals surface area (Å²) in [7, 11) is 0. The van der Waals surface area contributed by atoms with Crippen LogP contribution in [0, 0.1) is 19.3 Å². The maximum Gasteiger partial charge on any atom is 0.305 e. The largest absolute Gasteiger partial charge is 0.481 e. The number of hydrogen-bond acceptors (Lipinski definition) is 2. The summed E-state index contributed by atoms with van der Waals surface area (Å²) in [6.07, 6.45) is 5.36. The van der Waals surface area contributed by atoms with Gasteiger partial charge in [0.2, 0.25) is 0 Å². The second kappa shape index (κ2) is 5.82. The molecule has 0 heterocycles. The Morgan fingerprint density at radius 2 is 2.31 bits per heavy atom. The summed E-state index contributed by atoms with van der Waals surface area (Å²) in [5.74, 6) is 1.73. The molecular formula is C13H15NO2. The number of anilines is 1. The third-order valence-electron chi connectivity index (χ3n) is 2.24. The molecule has 1 aromatic rings. The highest BCUT2D eigenvalue weighted by Crippen LogP contribution is 2.15. The van der Waals surface area contributed by atoms with Gasteiger partial charge < -0.3 is 10.0 Å². The van der Waals surface area contributed by atoms with Crippen molar-refractivity contribution in [3.05, 3.63) is 29.8 Å². The van der Waals surface area contributed by atoms with Gasteiger partial charge in [0.05, 0.1) is 13.0 Å². The zero-order valence-electron chi connectivity index (χ0n) is 9.31. The van der Waals surface area contributed by atoms with Crippen LogP contribution in [0.15, 0.2) is 24.3 Å². The monoisotopic (exact) mass is 217 g/mol. The highest BCUT2D eigenvalue weighted by Gasteiger charge is 2.07. The molecular weight excluding hydrogens is 202 g/mol. The molecule has 0 fully saturated rings. The molecule has 1 N–H and O–H groups in total. The van der Waals surface area contributed by atoms with Gasteiger partial charge in [0.25, 0.3) is 0 Å². The van der Waals surface area contributed by atoms with E-state index in [9.17, 15) is 4.79 Å². The molecule has 0 bridgehead atoms. The lowest BCUT2D eigenvalue weighted by atomic mass is 10.2. The number of hydrogen-bond donors (Lipinski definition) is 1. The summed E-state index contributed by atoms with van der Waals surface area (Å²) in [4.78, 5) is 12.4. The van der Waals surface area contributed by atoms with Crippen LogP contribution in [0.4, 0.5) is 5.69 Å². The van der Waals surface area contributed by atoms with Crippen molar-refractivity contribution in [2.24, 2.45) is 0 Å². The predicted molar refractivity (Wildman–Crippen MR) is 64.5 cm³/mol. The Morgan fingerprint density at radius 1 is 1.56 bits per heavy atom. The van der Waals surface area contributed by atoms with Gasteiger partial charge in [-0.2, -0.15) is 0 Å². The Morgan fingerprint density at radius 3 is 2.88 bits per heavy atom. The molecule has 0 unspecified atom stereocenters. The fourth-order valence-corrected chi connectivity index (χ4v) is 1.46. The van der Waals surface area contributed by atoms with Crippen molar-refractivity contribution < 1.29 is 9.90 Å². The highest BCUT2D eigenvalue weighted by atomic mass is 16.4. The van der Waals surface area contributed by atoms with Crippen LogP contribution < -0.4 is 4.90 Å². The van der Waals surface area contributed by atoms with Gasteiger partial charge in [-0.05, 0) is 24.6 Å². The summed E-state index contributed by atoms with van der Waals surface area (Å²) >= 11 is 0. The van der Waals surface area contributed by atoms with E-state index in [2.05, 4.69) is 5.92 Å². The van der Waals surface area contributed by atoms with Crippen LogP contribution in [0.3, 0.4) is 0 Å². The maximum atomic E-state index is 10.5. The molecule has 0 spiro atoms. The van der Waals surface area contributed by atoms with E-state index >= 15 is 0 Å². The number of rotatable bonds is 5. The van der Waals surface area contributed by atoms with E-state index in [1.807, 2.05) is 36.1 Å². The molecule has 0 radical (unpaired) electrons. The van der Waals surface area contributed by atoms with E-state index in [4.69, 9.17) is 11.5 Å². The van der Waals surface area contributed by atoms with Crippen molar-refractivity contribution in [2.45, 2.75) is 13.3 Å². The first-order chi connectivity index (χ1) is 7.63. The fourth-order valence-electron chi connectivity index (χ4n) is 1.46. The minimum atomic E-state index is -0.810. The van der Waals surface area contributed by atoms with Crippen molar-refractivity contribution in [1.82, 2.24) is 0 Å². The molecule has 84 valence electrons. The Labute approximate surface area is 95.7 Å². The van der Waals surface area contributed by atoms with Crippen molar-refractivity contribution in [3.8, 4) is 12.3 Å². The Kier molecular flexibility index (Phi) is 4.41. The number of carbonyl (C=O) groups is 1. The zero-order chi connectivity index (χ0) is 12.0. The fraction of sp³-hybridized carbons (Fsp3) is 0.308. The molecule has 3 nitrogen and oxygen atoms in total. The number of carboxylic acid groups (broad SMARTS) is 1. The van der Waals surface area contributed by atoms with Gasteiger partial charge in [-0.1, -0.05) is 18.1 Å². The molecule has 0 aliphatic heterocycles. The SMILES string of the molecule is C#CCN(CCC(=O)O)c1cccc(C)c1. The normalized spacial score (nSPS) is 9.50. The smallest absolute Gasteiger partial charge is 0.305 e. The van der Waals surface area contributed by atoms with Crippen molar-refractivity contribution in [2.75, 3.05) is 18.0 Å². The average molecular weight is 217 g/mol. The molecule has 1 rings (SSSR count). The van der Waals surface area contributed by atoms with Gasteiger partial charge >= 0.3 is 5.97 Å². The summed E-state index contributed by atoms with van der Waals surface area (Å²) in [5, 5.41) is 8.65. The Balaban J connectivity index is 2.77. The molecule has 0 amide bonds. The van der Waals surface area contributed by atoms with Gasteiger partial charge in [0, 0.05) is 12.2 Å². The zero-order valence-corrected chi connectivity index (χ0v) is 9.31. The summed E-state index contributed by atoms with van der Waals surface area (Å²) in [6.45, 7) is 2.86. The van der Waals surface area contributed by atoms with Crippen molar-refractivity contribution >= 4 is 11.7 Å². The quantitative estimate of drug-likeness (QED) is 0.766.